The van der Waals surface area contributed by atoms with E-state index in [9.17, 15) is 0 Å². The van der Waals surface area contributed by atoms with Gasteiger partial charge in [-0.1, -0.05) is 26.3 Å². The Bertz CT molecular complexity index is 201. The van der Waals surface area contributed by atoms with E-state index in [1.807, 2.05) is 6.92 Å². The molecule has 2 heteroatoms. The summed E-state index contributed by atoms with van der Waals surface area (Å²) in [7, 11) is 0. The molecule has 0 heterocycles. The van der Waals surface area contributed by atoms with E-state index in [-0.39, 0.29) is 5.41 Å². The Kier molecular flexibility index (Phi) is 3.28. The van der Waals surface area contributed by atoms with Crippen molar-refractivity contribution in [1.29, 1.82) is 5.26 Å². The van der Waals surface area contributed by atoms with Crippen LogP contribution < -0.4 is 5.73 Å². The Hall–Kier alpha value is -0.810. The molecule has 0 saturated carbocycles. The lowest BCUT2D eigenvalue weighted by molar-refractivity contribution is 0.499. The lowest BCUT2D eigenvalue weighted by Gasteiger charge is -2.20. The average molecular weight is 152 g/mol. The third-order valence-electron chi connectivity index (χ3n) is 1.92. The van der Waals surface area contributed by atoms with E-state index < -0.39 is 0 Å². The summed E-state index contributed by atoms with van der Waals surface area (Å²) in [5, 5.41) is 8.67. The molecule has 2 nitrogen and oxygen atoms in total. The van der Waals surface area contributed by atoms with Crippen molar-refractivity contribution in [2.75, 3.05) is 6.54 Å². The second-order valence-electron chi connectivity index (χ2n) is 3.67. The molecule has 0 aliphatic carbocycles. The van der Waals surface area contributed by atoms with Crippen LogP contribution in [0.1, 0.15) is 27.7 Å². The molecule has 0 aromatic carbocycles. The van der Waals surface area contributed by atoms with Crippen LogP contribution in [0.2, 0.25) is 0 Å². The molecule has 0 atom stereocenters. The zero-order chi connectivity index (χ0) is 9.07. The van der Waals surface area contributed by atoms with Crippen molar-refractivity contribution < 1.29 is 0 Å². The first-order valence-electron chi connectivity index (χ1n) is 3.74. The fraction of sp³-hybridized carbons (Fsp3) is 0.667. The van der Waals surface area contributed by atoms with Gasteiger partial charge in [0.15, 0.2) is 0 Å². The number of hydrogen-bond acceptors (Lipinski definition) is 2. The molecule has 2 N–H and O–H groups in total. The summed E-state index contributed by atoms with van der Waals surface area (Å²) in [5.74, 6) is 0. The van der Waals surface area contributed by atoms with Crippen molar-refractivity contribution >= 4 is 0 Å². The second kappa shape index (κ2) is 3.54. The predicted molar refractivity (Wildman–Crippen MR) is 46.8 cm³/mol. The number of rotatable bonds is 1. The van der Waals surface area contributed by atoms with Gasteiger partial charge in [-0.3, -0.25) is 0 Å². The highest BCUT2D eigenvalue weighted by Gasteiger charge is 2.15. The summed E-state index contributed by atoms with van der Waals surface area (Å²) in [6.45, 7) is 8.55. The van der Waals surface area contributed by atoms with E-state index in [0.717, 1.165) is 5.57 Å². The van der Waals surface area contributed by atoms with Crippen LogP contribution in [-0.4, -0.2) is 6.54 Å². The Morgan fingerprint density at radius 3 is 2.00 bits per heavy atom. The van der Waals surface area contributed by atoms with Crippen molar-refractivity contribution in [3.05, 3.63) is 11.1 Å². The number of nitriles is 1. The minimum atomic E-state index is 0.0600. The SMILES string of the molecule is CC(=C(C#N)CN)C(C)(C)C. The number of allylic oxidation sites excluding steroid dienone is 1. The van der Waals surface area contributed by atoms with E-state index >= 15 is 0 Å². The van der Waals surface area contributed by atoms with E-state index in [4.69, 9.17) is 11.0 Å². The molecular weight excluding hydrogens is 136 g/mol. The topological polar surface area (TPSA) is 49.8 Å². The van der Waals surface area contributed by atoms with Crippen molar-refractivity contribution in [3.63, 3.8) is 0 Å². The molecule has 0 aliphatic rings. The highest BCUT2D eigenvalue weighted by atomic mass is 14.5. The molecule has 0 saturated heterocycles. The van der Waals surface area contributed by atoms with Crippen molar-refractivity contribution in [2.24, 2.45) is 11.1 Å². The Morgan fingerprint density at radius 1 is 1.45 bits per heavy atom. The first kappa shape index (κ1) is 10.2. The van der Waals surface area contributed by atoms with Gasteiger partial charge in [-0.2, -0.15) is 5.26 Å². The molecule has 0 rings (SSSR count). The summed E-state index contributed by atoms with van der Waals surface area (Å²) < 4.78 is 0. The maximum atomic E-state index is 8.67. The first-order valence-corrected chi connectivity index (χ1v) is 3.74. The van der Waals surface area contributed by atoms with Gasteiger partial charge in [0.25, 0.3) is 0 Å². The number of nitrogens with zero attached hydrogens (tertiary/aromatic N) is 1. The molecule has 0 aromatic heterocycles. The third-order valence-corrected chi connectivity index (χ3v) is 1.92. The lowest BCUT2D eigenvalue weighted by atomic mass is 9.85. The standard InChI is InChI=1S/C9H16N2/c1-7(9(2,3)4)8(5-10)6-11/h5,10H2,1-4H3. The second-order valence-corrected chi connectivity index (χ2v) is 3.67. The van der Waals surface area contributed by atoms with Crippen molar-refractivity contribution in [3.8, 4) is 6.07 Å². The Balaban J connectivity index is 4.81. The first-order chi connectivity index (χ1) is 4.93. The molecule has 0 fully saturated rings. The van der Waals surface area contributed by atoms with Gasteiger partial charge in [-0.05, 0) is 12.3 Å². The molecule has 0 unspecified atom stereocenters. The quantitative estimate of drug-likeness (QED) is 0.583. The van der Waals surface area contributed by atoms with Crippen LogP contribution in [0.25, 0.3) is 0 Å². The van der Waals surface area contributed by atoms with Gasteiger partial charge in [0.1, 0.15) is 0 Å². The van der Waals surface area contributed by atoms with Crippen LogP contribution in [0.5, 0.6) is 0 Å². The highest BCUT2D eigenvalue weighted by Crippen LogP contribution is 2.26. The van der Waals surface area contributed by atoms with Gasteiger partial charge in [-0.15, -0.1) is 0 Å². The normalized spacial score (nSPS) is 13.8. The third kappa shape index (κ3) is 2.73. The largest absolute Gasteiger partial charge is 0.326 e. The molecule has 0 amide bonds. The number of nitrogens with two attached hydrogens (primary N) is 1. The fourth-order valence-electron chi connectivity index (χ4n) is 0.735. The molecule has 11 heavy (non-hydrogen) atoms. The summed E-state index contributed by atoms with van der Waals surface area (Å²) in [5.41, 5.74) is 7.25. The van der Waals surface area contributed by atoms with Gasteiger partial charge < -0.3 is 5.73 Å². The van der Waals surface area contributed by atoms with E-state index in [1.54, 1.807) is 0 Å². The maximum Gasteiger partial charge on any atom is 0.0960 e. The van der Waals surface area contributed by atoms with E-state index in [0.29, 0.717) is 12.1 Å². The van der Waals surface area contributed by atoms with Crippen molar-refractivity contribution in [2.45, 2.75) is 27.7 Å². The molecule has 0 spiro atoms. The van der Waals surface area contributed by atoms with Crippen molar-refractivity contribution in [1.82, 2.24) is 0 Å². The maximum absolute atomic E-state index is 8.67. The Morgan fingerprint density at radius 2 is 1.91 bits per heavy atom. The smallest absolute Gasteiger partial charge is 0.0960 e. The Labute approximate surface area is 68.7 Å². The molecule has 0 aromatic rings. The minimum absolute atomic E-state index is 0.0600. The summed E-state index contributed by atoms with van der Waals surface area (Å²) in [6.07, 6.45) is 0. The van der Waals surface area contributed by atoms with Gasteiger partial charge in [0.05, 0.1) is 6.07 Å². The van der Waals surface area contributed by atoms with Gasteiger partial charge in [0.2, 0.25) is 0 Å². The van der Waals surface area contributed by atoms with Gasteiger partial charge in [-0.25, -0.2) is 0 Å². The van der Waals surface area contributed by atoms with E-state index in [2.05, 4.69) is 26.8 Å². The summed E-state index contributed by atoms with van der Waals surface area (Å²) >= 11 is 0. The number of hydrogen-bond donors (Lipinski definition) is 1. The van der Waals surface area contributed by atoms with Gasteiger partial charge in [0, 0.05) is 12.1 Å². The van der Waals surface area contributed by atoms with Crippen LogP contribution in [0.3, 0.4) is 0 Å². The fourth-order valence-corrected chi connectivity index (χ4v) is 0.735. The summed E-state index contributed by atoms with van der Waals surface area (Å²) in [4.78, 5) is 0. The molecular formula is C9H16N2. The van der Waals surface area contributed by atoms with Crippen LogP contribution >= 0.6 is 0 Å². The molecule has 0 radical (unpaired) electrons. The zero-order valence-electron chi connectivity index (χ0n) is 7.73. The lowest BCUT2D eigenvalue weighted by Crippen LogP contribution is -2.13. The zero-order valence-corrected chi connectivity index (χ0v) is 7.73. The molecule has 0 aliphatic heterocycles. The van der Waals surface area contributed by atoms with E-state index in [1.165, 1.54) is 0 Å². The van der Waals surface area contributed by atoms with Crippen LogP contribution in [0.15, 0.2) is 11.1 Å². The molecule has 62 valence electrons. The van der Waals surface area contributed by atoms with Crippen LogP contribution in [0.4, 0.5) is 0 Å². The minimum Gasteiger partial charge on any atom is -0.326 e. The highest BCUT2D eigenvalue weighted by molar-refractivity contribution is 5.30. The van der Waals surface area contributed by atoms with Gasteiger partial charge >= 0.3 is 0 Å². The summed E-state index contributed by atoms with van der Waals surface area (Å²) in [6, 6.07) is 2.11. The molecule has 0 bridgehead atoms. The average Bonchev–Trinajstić information content (AvgIpc) is 1.88. The predicted octanol–water partition coefficient (Wildman–Crippen LogP) is 1.83. The monoisotopic (exact) mass is 152 g/mol. The van der Waals surface area contributed by atoms with Crippen LogP contribution in [0, 0.1) is 16.7 Å². The van der Waals surface area contributed by atoms with Crippen LogP contribution in [-0.2, 0) is 0 Å².